The minimum atomic E-state index is -0.562. The van der Waals surface area contributed by atoms with Crippen molar-refractivity contribution in [2.24, 2.45) is 0 Å². The van der Waals surface area contributed by atoms with Gasteiger partial charge in [0.2, 0.25) is 0 Å². The van der Waals surface area contributed by atoms with Crippen LogP contribution in [0.1, 0.15) is 0 Å². The molecule has 0 radical (unpaired) electrons. The van der Waals surface area contributed by atoms with Crippen LogP contribution in [0.15, 0.2) is 42.9 Å². The van der Waals surface area contributed by atoms with E-state index in [2.05, 4.69) is 9.97 Å². The summed E-state index contributed by atoms with van der Waals surface area (Å²) in [5, 5.41) is 10.4. The van der Waals surface area contributed by atoms with Crippen molar-refractivity contribution in [1.29, 1.82) is 0 Å². The number of pyridine rings is 2. The van der Waals surface area contributed by atoms with Crippen molar-refractivity contribution in [1.82, 2.24) is 9.97 Å². The summed E-state index contributed by atoms with van der Waals surface area (Å²) in [6, 6.07) is 6.23. The molecule has 0 N–H and O–H groups in total. The maximum atomic E-state index is 10.4. The second kappa shape index (κ2) is 4.35. The van der Waals surface area contributed by atoms with E-state index in [1.54, 1.807) is 24.5 Å². The van der Waals surface area contributed by atoms with Gasteiger partial charge in [-0.1, -0.05) is 0 Å². The minimum Gasteiger partial charge on any atom is -0.452 e. The molecule has 2 aromatic rings. The predicted molar refractivity (Wildman–Crippen MR) is 55.2 cm³/mol. The predicted octanol–water partition coefficient (Wildman–Crippen LogP) is 2.18. The van der Waals surface area contributed by atoms with Crippen LogP contribution in [0.2, 0.25) is 0 Å². The molecule has 2 heterocycles. The van der Waals surface area contributed by atoms with Crippen LogP contribution in [-0.2, 0) is 0 Å². The van der Waals surface area contributed by atoms with Crippen LogP contribution >= 0.6 is 0 Å². The summed E-state index contributed by atoms with van der Waals surface area (Å²) >= 11 is 0. The molecule has 0 unspecified atom stereocenters. The summed E-state index contributed by atoms with van der Waals surface area (Å²) in [5.41, 5.74) is 0. The Kier molecular flexibility index (Phi) is 2.73. The van der Waals surface area contributed by atoms with E-state index in [4.69, 9.17) is 4.74 Å². The molecule has 80 valence electrons. The Bertz CT molecular complexity index is 484. The summed E-state index contributed by atoms with van der Waals surface area (Å²) in [4.78, 5) is 17.3. The van der Waals surface area contributed by atoms with Gasteiger partial charge in [0, 0.05) is 12.3 Å². The molecule has 6 nitrogen and oxygen atoms in total. The third-order valence-electron chi connectivity index (χ3n) is 1.78. The number of aromatic nitrogens is 2. The Labute approximate surface area is 90.7 Å². The number of hydrogen-bond donors (Lipinski definition) is 0. The van der Waals surface area contributed by atoms with Crippen LogP contribution in [0.3, 0.4) is 0 Å². The van der Waals surface area contributed by atoms with Crippen LogP contribution in [0.4, 0.5) is 5.82 Å². The highest BCUT2D eigenvalue weighted by atomic mass is 16.6. The summed E-state index contributed by atoms with van der Waals surface area (Å²) in [7, 11) is 0. The van der Waals surface area contributed by atoms with Gasteiger partial charge in [0.15, 0.2) is 11.9 Å². The highest BCUT2D eigenvalue weighted by Gasteiger charge is 2.07. The fraction of sp³-hybridized carbons (Fsp3) is 0. The summed E-state index contributed by atoms with van der Waals surface area (Å²) in [6.45, 7) is 0. The third kappa shape index (κ3) is 2.30. The highest BCUT2D eigenvalue weighted by molar-refractivity contribution is 5.30. The molecule has 0 aliphatic rings. The molecule has 0 amide bonds. The smallest absolute Gasteiger partial charge is 0.363 e. The molecular weight excluding hydrogens is 210 g/mol. The number of ether oxygens (including phenoxy) is 1. The van der Waals surface area contributed by atoms with Crippen molar-refractivity contribution in [3.63, 3.8) is 0 Å². The molecule has 2 aromatic heterocycles. The van der Waals surface area contributed by atoms with E-state index in [1.807, 2.05) is 0 Å². The van der Waals surface area contributed by atoms with E-state index in [-0.39, 0.29) is 5.82 Å². The standard InChI is InChI=1S/C10H7N3O3/c14-13(15)10-4-3-9(7-12-10)16-8-2-1-5-11-6-8/h1-7H. The number of nitro groups is 1. The van der Waals surface area contributed by atoms with Gasteiger partial charge in [-0.15, -0.1) is 0 Å². The Morgan fingerprint density at radius 2 is 2.00 bits per heavy atom. The maximum absolute atomic E-state index is 10.4. The van der Waals surface area contributed by atoms with Gasteiger partial charge >= 0.3 is 5.82 Å². The molecule has 0 saturated heterocycles. The zero-order valence-corrected chi connectivity index (χ0v) is 8.11. The van der Waals surface area contributed by atoms with Crippen LogP contribution < -0.4 is 4.74 Å². The van der Waals surface area contributed by atoms with Gasteiger partial charge in [0.25, 0.3) is 0 Å². The quantitative estimate of drug-likeness (QED) is 0.581. The van der Waals surface area contributed by atoms with Crippen LogP contribution in [-0.4, -0.2) is 14.9 Å². The molecule has 0 spiro atoms. The first-order valence-electron chi connectivity index (χ1n) is 4.44. The minimum absolute atomic E-state index is 0.210. The second-order valence-electron chi connectivity index (χ2n) is 2.90. The Morgan fingerprint density at radius 3 is 2.56 bits per heavy atom. The zero-order chi connectivity index (χ0) is 11.4. The van der Waals surface area contributed by atoms with Crippen molar-refractivity contribution in [3.8, 4) is 11.5 Å². The zero-order valence-electron chi connectivity index (χ0n) is 8.11. The summed E-state index contributed by atoms with van der Waals surface area (Å²) in [6.07, 6.45) is 4.47. The average Bonchev–Trinajstić information content (AvgIpc) is 2.31. The fourth-order valence-electron chi connectivity index (χ4n) is 1.08. The average molecular weight is 217 g/mol. The van der Waals surface area contributed by atoms with Gasteiger partial charge in [0.05, 0.1) is 6.20 Å². The van der Waals surface area contributed by atoms with Crippen LogP contribution in [0.25, 0.3) is 0 Å². The van der Waals surface area contributed by atoms with Crippen molar-refractivity contribution in [3.05, 3.63) is 53.0 Å². The molecule has 2 rings (SSSR count). The molecule has 0 bridgehead atoms. The number of nitrogens with zero attached hydrogens (tertiary/aromatic N) is 3. The Balaban J connectivity index is 2.14. The van der Waals surface area contributed by atoms with Crippen LogP contribution in [0, 0.1) is 10.1 Å². The first kappa shape index (κ1) is 10.0. The van der Waals surface area contributed by atoms with Crippen molar-refractivity contribution in [2.75, 3.05) is 0 Å². The van der Waals surface area contributed by atoms with E-state index >= 15 is 0 Å². The monoisotopic (exact) mass is 217 g/mol. The second-order valence-corrected chi connectivity index (χ2v) is 2.90. The van der Waals surface area contributed by atoms with Gasteiger partial charge in [0.1, 0.15) is 5.75 Å². The number of rotatable bonds is 3. The summed E-state index contributed by atoms with van der Waals surface area (Å²) in [5.74, 6) is 0.773. The lowest BCUT2D eigenvalue weighted by Gasteiger charge is -2.01. The first-order chi connectivity index (χ1) is 7.75. The topological polar surface area (TPSA) is 78.2 Å². The maximum Gasteiger partial charge on any atom is 0.363 e. The van der Waals surface area contributed by atoms with Gasteiger partial charge in [-0.2, -0.15) is 0 Å². The van der Waals surface area contributed by atoms with E-state index in [9.17, 15) is 10.1 Å². The molecule has 0 aromatic carbocycles. The molecular formula is C10H7N3O3. The van der Waals surface area contributed by atoms with Crippen molar-refractivity contribution in [2.45, 2.75) is 0 Å². The third-order valence-corrected chi connectivity index (χ3v) is 1.78. The fourth-order valence-corrected chi connectivity index (χ4v) is 1.08. The van der Waals surface area contributed by atoms with Crippen molar-refractivity contribution < 1.29 is 9.66 Å². The van der Waals surface area contributed by atoms with E-state index in [1.165, 1.54) is 18.3 Å². The van der Waals surface area contributed by atoms with Gasteiger partial charge < -0.3 is 14.9 Å². The molecule has 0 atom stereocenters. The summed E-state index contributed by atoms with van der Waals surface area (Å²) < 4.78 is 5.37. The molecule has 0 aliphatic heterocycles. The SMILES string of the molecule is O=[N+]([O-])c1ccc(Oc2cccnc2)cn1. The lowest BCUT2D eigenvalue weighted by Crippen LogP contribution is -1.92. The van der Waals surface area contributed by atoms with E-state index < -0.39 is 4.92 Å². The van der Waals surface area contributed by atoms with E-state index in [0.717, 1.165) is 0 Å². The van der Waals surface area contributed by atoms with Crippen LogP contribution in [0.5, 0.6) is 11.5 Å². The molecule has 16 heavy (non-hydrogen) atoms. The van der Waals surface area contributed by atoms with Gasteiger partial charge in [-0.25, -0.2) is 0 Å². The lowest BCUT2D eigenvalue weighted by atomic mass is 10.4. The van der Waals surface area contributed by atoms with Crippen molar-refractivity contribution >= 4 is 5.82 Å². The normalized spacial score (nSPS) is 9.75. The largest absolute Gasteiger partial charge is 0.452 e. The van der Waals surface area contributed by atoms with Gasteiger partial charge in [-0.3, -0.25) is 4.98 Å². The Hall–Kier alpha value is -2.50. The molecule has 0 saturated carbocycles. The van der Waals surface area contributed by atoms with Gasteiger partial charge in [-0.05, 0) is 28.1 Å². The first-order valence-corrected chi connectivity index (χ1v) is 4.44. The number of hydrogen-bond acceptors (Lipinski definition) is 5. The Morgan fingerprint density at radius 1 is 1.19 bits per heavy atom. The molecule has 0 aliphatic carbocycles. The van der Waals surface area contributed by atoms with E-state index in [0.29, 0.717) is 11.5 Å². The molecule has 0 fully saturated rings. The molecule has 6 heteroatoms. The highest BCUT2D eigenvalue weighted by Crippen LogP contribution is 2.20. The lowest BCUT2D eigenvalue weighted by molar-refractivity contribution is -0.389.